The van der Waals surface area contributed by atoms with Crippen molar-refractivity contribution in [2.75, 3.05) is 33.2 Å². The van der Waals surface area contributed by atoms with Crippen molar-refractivity contribution in [3.8, 4) is 5.75 Å². The molecule has 14 heteroatoms. The van der Waals surface area contributed by atoms with Crippen LogP contribution in [0.15, 0.2) is 35.9 Å². The lowest BCUT2D eigenvalue weighted by Gasteiger charge is -2.42. The van der Waals surface area contributed by atoms with Crippen LogP contribution in [0.3, 0.4) is 0 Å². The molecule has 4 bridgehead atoms. The van der Waals surface area contributed by atoms with Gasteiger partial charge < -0.3 is 39.2 Å². The van der Waals surface area contributed by atoms with Crippen molar-refractivity contribution >= 4 is 53.6 Å². The number of hydrogen-bond donors (Lipinski definition) is 3. The van der Waals surface area contributed by atoms with Crippen LogP contribution >= 0.6 is 24.2 Å². The average molecular weight is 764 g/mol. The van der Waals surface area contributed by atoms with E-state index in [9.17, 15) is 24.3 Å². The molecule has 3 amide bonds. The Morgan fingerprint density at radius 1 is 1.23 bits per heavy atom. The number of carbonyl (C=O) groups is 4. The molecule has 2 saturated heterocycles. The molecular formula is C38H54ClN3O9S. The lowest BCUT2D eigenvalue weighted by molar-refractivity contribution is -0.162. The van der Waals surface area contributed by atoms with Gasteiger partial charge in [-0.1, -0.05) is 49.2 Å². The maximum Gasteiger partial charge on any atom is 0.328 e. The molecule has 9 unspecified atom stereocenters. The highest BCUT2D eigenvalue weighted by atomic mass is 35.5. The molecular weight excluding hydrogens is 710 g/mol. The van der Waals surface area contributed by atoms with E-state index in [1.807, 2.05) is 32.9 Å². The zero-order valence-corrected chi connectivity index (χ0v) is 33.3. The fourth-order valence-electron chi connectivity index (χ4n) is 7.17. The molecule has 12 nitrogen and oxygen atoms in total. The molecule has 9 atom stereocenters. The molecule has 0 radical (unpaired) electrons. The minimum Gasteiger partial charge on any atom is -0.495 e. The van der Waals surface area contributed by atoms with Crippen LogP contribution in [0.2, 0.25) is 5.02 Å². The summed E-state index contributed by atoms with van der Waals surface area (Å²) in [5.41, 5.74) is -0.639. The number of amides is 3. The molecule has 0 spiro atoms. The number of benzene rings is 1. The fraction of sp³-hybridized carbons (Fsp3) is 0.632. The van der Waals surface area contributed by atoms with Gasteiger partial charge >= 0.3 is 5.97 Å². The first-order valence-electron chi connectivity index (χ1n) is 17.7. The number of nitrogens with one attached hydrogen (secondary N) is 1. The van der Waals surface area contributed by atoms with Gasteiger partial charge in [0.25, 0.3) is 0 Å². The van der Waals surface area contributed by atoms with Crippen molar-refractivity contribution in [3.63, 3.8) is 0 Å². The molecule has 3 heterocycles. The van der Waals surface area contributed by atoms with E-state index < -0.39 is 47.6 Å². The van der Waals surface area contributed by atoms with Crippen LogP contribution in [0.4, 0.5) is 5.69 Å². The Bertz CT molecular complexity index is 1590. The second-order valence-corrected chi connectivity index (χ2v) is 16.0. The third-order valence-electron chi connectivity index (χ3n) is 10.7. The summed E-state index contributed by atoms with van der Waals surface area (Å²) in [6, 6.07) is 2.67. The molecule has 4 rings (SSSR count). The highest BCUT2D eigenvalue weighted by Gasteiger charge is 2.64. The van der Waals surface area contributed by atoms with Crippen molar-refractivity contribution in [2.24, 2.45) is 11.8 Å². The minimum atomic E-state index is -1.70. The standard InChI is InChI=1S/C38H54ClN3O9S/c1-21-11-10-12-29(49-9)38(47)20-26(18-31(43)40-38)23(3)35-37(5,51-35)30(50-36(46)24(4)41(6)32(44)14-13-22(2)52)19-33(45)42(7)27-16-25(15-21)17-28(48-8)34(27)39/h10-12,16-17,22-24,26,29-30,35,47,52H,13-15,18-20H2,1-9H3,(H,40,43). The molecule has 1 aromatic carbocycles. The number of anilines is 1. The number of aliphatic hydroxyl groups is 1. The summed E-state index contributed by atoms with van der Waals surface area (Å²) in [6.45, 7) is 9.11. The Hall–Kier alpha value is -3.10. The van der Waals surface area contributed by atoms with Gasteiger partial charge in [-0.15, -0.1) is 0 Å². The van der Waals surface area contributed by atoms with E-state index in [2.05, 4.69) is 17.9 Å². The first-order valence-corrected chi connectivity index (χ1v) is 18.6. The van der Waals surface area contributed by atoms with Gasteiger partial charge in [-0.3, -0.25) is 14.4 Å². The molecule has 288 valence electrons. The number of epoxide rings is 1. The van der Waals surface area contributed by atoms with Crippen LogP contribution < -0.4 is 15.0 Å². The molecule has 0 aliphatic carbocycles. The molecule has 0 aromatic heterocycles. The molecule has 2 N–H and O–H groups in total. The number of rotatable bonds is 8. The monoisotopic (exact) mass is 763 g/mol. The number of likely N-dealkylation sites (N-methyl/N-ethyl adjacent to an activating group) is 1. The van der Waals surface area contributed by atoms with Gasteiger partial charge in [0, 0.05) is 40.5 Å². The number of piperidine rings is 1. The Morgan fingerprint density at radius 3 is 2.56 bits per heavy atom. The van der Waals surface area contributed by atoms with Crippen LogP contribution in [0, 0.1) is 11.8 Å². The van der Waals surface area contributed by atoms with E-state index >= 15 is 0 Å². The molecule has 3 aliphatic heterocycles. The Labute approximate surface area is 317 Å². The third-order valence-corrected chi connectivity index (χ3v) is 11.4. The number of fused-ring (bicyclic) bond motifs is 5. The van der Waals surface area contributed by atoms with E-state index in [1.165, 1.54) is 24.0 Å². The van der Waals surface area contributed by atoms with Crippen LogP contribution in [-0.4, -0.2) is 103 Å². The number of methoxy groups -OCH3 is 2. The summed E-state index contributed by atoms with van der Waals surface area (Å²) in [7, 11) is 6.11. The van der Waals surface area contributed by atoms with Crippen molar-refractivity contribution in [3.05, 3.63) is 46.5 Å². The quantitative estimate of drug-likeness (QED) is 0.196. The molecule has 0 saturated carbocycles. The summed E-state index contributed by atoms with van der Waals surface area (Å²) in [6.07, 6.45) is 4.19. The maximum absolute atomic E-state index is 14.1. The number of carbonyl (C=O) groups excluding carboxylic acids is 4. The fourth-order valence-corrected chi connectivity index (χ4v) is 7.61. The summed E-state index contributed by atoms with van der Waals surface area (Å²) in [4.78, 5) is 56.5. The van der Waals surface area contributed by atoms with Gasteiger partial charge in [-0.25, -0.2) is 4.79 Å². The Morgan fingerprint density at radius 2 is 1.92 bits per heavy atom. The third kappa shape index (κ3) is 9.33. The second kappa shape index (κ2) is 16.9. The van der Waals surface area contributed by atoms with Crippen LogP contribution in [0.25, 0.3) is 0 Å². The van der Waals surface area contributed by atoms with Crippen LogP contribution in [0.5, 0.6) is 5.75 Å². The smallest absolute Gasteiger partial charge is 0.328 e. The largest absolute Gasteiger partial charge is 0.495 e. The van der Waals surface area contributed by atoms with Gasteiger partial charge in [0.1, 0.15) is 34.6 Å². The lowest BCUT2D eigenvalue weighted by atomic mass is 9.75. The minimum absolute atomic E-state index is 0.0166. The topological polar surface area (TPSA) is 147 Å². The van der Waals surface area contributed by atoms with Gasteiger partial charge in [-0.05, 0) is 68.4 Å². The van der Waals surface area contributed by atoms with Crippen molar-refractivity contribution < 1.29 is 43.2 Å². The van der Waals surface area contributed by atoms with E-state index in [0.717, 1.165) is 11.1 Å². The summed E-state index contributed by atoms with van der Waals surface area (Å²) in [5, 5.41) is 14.8. The lowest BCUT2D eigenvalue weighted by Crippen LogP contribution is -2.61. The highest BCUT2D eigenvalue weighted by molar-refractivity contribution is 7.80. The number of ether oxygens (including phenoxy) is 4. The van der Waals surface area contributed by atoms with E-state index in [4.69, 9.17) is 30.5 Å². The average Bonchev–Trinajstić information content (AvgIpc) is 3.79. The normalized spacial score (nSPS) is 30.7. The predicted molar refractivity (Wildman–Crippen MR) is 201 cm³/mol. The number of thiol groups is 1. The maximum atomic E-state index is 14.1. The van der Waals surface area contributed by atoms with Gasteiger partial charge in [0.05, 0.1) is 25.3 Å². The van der Waals surface area contributed by atoms with Crippen LogP contribution in [0.1, 0.15) is 72.3 Å². The summed E-state index contributed by atoms with van der Waals surface area (Å²) >= 11 is 11.1. The first kappa shape index (κ1) is 41.7. The summed E-state index contributed by atoms with van der Waals surface area (Å²) < 4.78 is 23.7. The van der Waals surface area contributed by atoms with Crippen molar-refractivity contribution in [2.45, 2.75) is 114 Å². The zero-order valence-electron chi connectivity index (χ0n) is 31.6. The zero-order chi connectivity index (χ0) is 38.7. The Balaban J connectivity index is 1.75. The number of allylic oxidation sites excluding steroid dienone is 3. The first-order chi connectivity index (χ1) is 24.3. The molecule has 2 fully saturated rings. The van der Waals surface area contributed by atoms with Crippen molar-refractivity contribution in [1.82, 2.24) is 10.2 Å². The SMILES string of the molecule is COc1cc2cc(c1Cl)N(C)C(=O)CC(OC(=O)C(C)N(C)C(=O)CCC(C)S)C1(C)OC1C(C)C1CC(=O)NC(O)(C1)C(OC)C=CC=C(C)C2. The number of halogens is 1. The molecule has 52 heavy (non-hydrogen) atoms. The van der Waals surface area contributed by atoms with Crippen LogP contribution in [-0.2, 0) is 39.8 Å². The second-order valence-electron chi connectivity index (χ2n) is 14.7. The highest BCUT2D eigenvalue weighted by Crippen LogP contribution is 2.50. The number of nitrogens with zero attached hydrogens (tertiary/aromatic N) is 2. The van der Waals surface area contributed by atoms with E-state index in [1.54, 1.807) is 46.2 Å². The molecule has 3 aliphatic rings. The van der Waals surface area contributed by atoms with Gasteiger partial charge in [0.2, 0.25) is 17.7 Å². The van der Waals surface area contributed by atoms with Gasteiger partial charge in [-0.2, -0.15) is 12.6 Å². The van der Waals surface area contributed by atoms with E-state index in [0.29, 0.717) is 24.3 Å². The van der Waals surface area contributed by atoms with Gasteiger partial charge in [0.15, 0.2) is 5.72 Å². The Kier molecular flexibility index (Phi) is 13.6. The summed E-state index contributed by atoms with van der Waals surface area (Å²) in [5.74, 6) is -1.91. The van der Waals surface area contributed by atoms with E-state index in [-0.39, 0.29) is 59.6 Å². The number of hydrogen-bond acceptors (Lipinski definition) is 10. The predicted octanol–water partition coefficient (Wildman–Crippen LogP) is 4.64. The number of esters is 1. The van der Waals surface area contributed by atoms with Crippen molar-refractivity contribution in [1.29, 1.82) is 0 Å². The molecule has 1 aromatic rings.